The highest BCUT2D eigenvalue weighted by atomic mass is 16.3. The first kappa shape index (κ1) is 11.0. The van der Waals surface area contributed by atoms with E-state index >= 15 is 0 Å². The highest BCUT2D eigenvalue weighted by Crippen LogP contribution is 2.17. The first-order valence-corrected chi connectivity index (χ1v) is 4.55. The number of phenols is 1. The third kappa shape index (κ3) is 2.98. The van der Waals surface area contributed by atoms with Gasteiger partial charge in [-0.15, -0.1) is 0 Å². The normalized spacial score (nSPS) is 11.1. The lowest BCUT2D eigenvalue weighted by Crippen LogP contribution is -2.25. The summed E-state index contributed by atoms with van der Waals surface area (Å²) in [6.07, 6.45) is 0.581. The molecule has 0 saturated carbocycles. The van der Waals surface area contributed by atoms with Crippen LogP contribution in [0.4, 0.5) is 4.79 Å². The predicted molar refractivity (Wildman–Crippen MR) is 57.7 cm³/mol. The van der Waals surface area contributed by atoms with E-state index in [4.69, 9.17) is 5.73 Å². The molecule has 0 spiro atoms. The number of nitrogens with two attached hydrogens (primary N) is 1. The summed E-state index contributed by atoms with van der Waals surface area (Å²) in [5.41, 5.74) is 8.20. The van der Waals surface area contributed by atoms with E-state index in [0.717, 1.165) is 0 Å². The molecule has 0 fully saturated rings. The second-order valence-corrected chi connectivity index (χ2v) is 2.91. The van der Waals surface area contributed by atoms with E-state index in [2.05, 4.69) is 10.5 Å². The van der Waals surface area contributed by atoms with E-state index in [9.17, 15) is 9.90 Å². The fraction of sp³-hybridized carbons (Fsp3) is 0.200. The molecule has 1 aromatic carbocycles. The van der Waals surface area contributed by atoms with Crippen molar-refractivity contribution in [3.63, 3.8) is 0 Å². The van der Waals surface area contributed by atoms with Crippen LogP contribution in [0.1, 0.15) is 18.9 Å². The van der Waals surface area contributed by atoms with Gasteiger partial charge in [0.05, 0.1) is 5.71 Å². The number of rotatable bonds is 3. The van der Waals surface area contributed by atoms with Gasteiger partial charge >= 0.3 is 6.03 Å². The number of primary amides is 1. The molecule has 80 valence electrons. The van der Waals surface area contributed by atoms with Gasteiger partial charge in [-0.3, -0.25) is 0 Å². The SMILES string of the molecule is CC/C(=N\NC(N)=O)c1ccccc1O. The molecule has 0 bridgehead atoms. The third-order valence-electron chi connectivity index (χ3n) is 1.85. The monoisotopic (exact) mass is 207 g/mol. The van der Waals surface area contributed by atoms with Gasteiger partial charge in [0.25, 0.3) is 0 Å². The Morgan fingerprint density at radius 3 is 2.73 bits per heavy atom. The minimum Gasteiger partial charge on any atom is -0.507 e. The highest BCUT2D eigenvalue weighted by Gasteiger charge is 2.06. The number of carbonyl (C=O) groups excluding carboxylic acids is 1. The summed E-state index contributed by atoms with van der Waals surface area (Å²) in [6.45, 7) is 1.87. The Bertz CT molecular complexity index is 388. The molecule has 0 unspecified atom stereocenters. The van der Waals surface area contributed by atoms with E-state index in [1.807, 2.05) is 6.92 Å². The van der Waals surface area contributed by atoms with Gasteiger partial charge in [0.2, 0.25) is 0 Å². The molecule has 2 amide bonds. The molecule has 5 heteroatoms. The van der Waals surface area contributed by atoms with Crippen LogP contribution in [0.3, 0.4) is 0 Å². The lowest BCUT2D eigenvalue weighted by atomic mass is 10.1. The number of nitrogens with one attached hydrogen (secondary N) is 1. The van der Waals surface area contributed by atoms with Crippen molar-refractivity contribution in [2.75, 3.05) is 0 Å². The summed E-state index contributed by atoms with van der Waals surface area (Å²) in [7, 11) is 0. The Labute approximate surface area is 87.6 Å². The lowest BCUT2D eigenvalue weighted by molar-refractivity contribution is 0.249. The van der Waals surface area contributed by atoms with Crippen molar-refractivity contribution in [3.8, 4) is 5.75 Å². The van der Waals surface area contributed by atoms with Gasteiger partial charge in [-0.05, 0) is 18.6 Å². The van der Waals surface area contributed by atoms with Crippen molar-refractivity contribution >= 4 is 11.7 Å². The van der Waals surface area contributed by atoms with Crippen LogP contribution in [0.15, 0.2) is 29.4 Å². The molecule has 1 rings (SSSR count). The molecule has 0 atom stereocenters. The largest absolute Gasteiger partial charge is 0.507 e. The molecule has 15 heavy (non-hydrogen) atoms. The molecule has 0 aliphatic rings. The summed E-state index contributed by atoms with van der Waals surface area (Å²) < 4.78 is 0. The van der Waals surface area contributed by atoms with Crippen LogP contribution in [0.5, 0.6) is 5.75 Å². The number of benzene rings is 1. The van der Waals surface area contributed by atoms with Gasteiger partial charge in [-0.2, -0.15) is 5.10 Å². The molecule has 0 radical (unpaired) electrons. The number of amides is 2. The number of hydrogen-bond donors (Lipinski definition) is 3. The maximum Gasteiger partial charge on any atom is 0.332 e. The summed E-state index contributed by atoms with van der Waals surface area (Å²) in [5.74, 6) is 0.129. The van der Waals surface area contributed by atoms with Crippen LogP contribution < -0.4 is 11.2 Å². The molecule has 5 nitrogen and oxygen atoms in total. The van der Waals surface area contributed by atoms with Crippen molar-refractivity contribution in [3.05, 3.63) is 29.8 Å². The van der Waals surface area contributed by atoms with Gasteiger partial charge in [0.15, 0.2) is 0 Å². The van der Waals surface area contributed by atoms with E-state index in [1.165, 1.54) is 0 Å². The molecule has 0 aliphatic carbocycles. The van der Waals surface area contributed by atoms with Gasteiger partial charge in [-0.1, -0.05) is 19.1 Å². The Morgan fingerprint density at radius 1 is 1.53 bits per heavy atom. The van der Waals surface area contributed by atoms with Gasteiger partial charge < -0.3 is 10.8 Å². The van der Waals surface area contributed by atoms with E-state index in [-0.39, 0.29) is 5.75 Å². The molecule has 0 aromatic heterocycles. The third-order valence-corrected chi connectivity index (χ3v) is 1.85. The maximum atomic E-state index is 10.5. The second kappa shape index (κ2) is 4.99. The number of aromatic hydroxyl groups is 1. The van der Waals surface area contributed by atoms with Crippen molar-refractivity contribution in [2.24, 2.45) is 10.8 Å². The predicted octanol–water partition coefficient (Wildman–Crippen LogP) is 1.17. The van der Waals surface area contributed by atoms with Crippen molar-refractivity contribution in [2.45, 2.75) is 13.3 Å². The van der Waals surface area contributed by atoms with Crippen LogP contribution in [0, 0.1) is 0 Å². The van der Waals surface area contributed by atoms with E-state index in [0.29, 0.717) is 17.7 Å². The highest BCUT2D eigenvalue weighted by molar-refractivity contribution is 6.02. The fourth-order valence-corrected chi connectivity index (χ4v) is 1.17. The number of urea groups is 1. The zero-order valence-electron chi connectivity index (χ0n) is 8.40. The number of para-hydroxylation sites is 1. The van der Waals surface area contributed by atoms with Gasteiger partial charge in [-0.25, -0.2) is 10.2 Å². The minimum atomic E-state index is -0.726. The topological polar surface area (TPSA) is 87.7 Å². The average Bonchev–Trinajstić information content (AvgIpc) is 2.21. The standard InChI is InChI=1S/C10H13N3O2/c1-2-8(12-13-10(11)15)7-5-3-4-6-9(7)14/h3-6,14H,2H2,1H3,(H3,11,13,15)/b12-8+. The van der Waals surface area contributed by atoms with Crippen LogP contribution in [0.2, 0.25) is 0 Å². The van der Waals surface area contributed by atoms with Crippen LogP contribution in [-0.2, 0) is 0 Å². The first-order chi connectivity index (χ1) is 7.15. The van der Waals surface area contributed by atoms with Gasteiger partial charge in [0, 0.05) is 5.56 Å². The van der Waals surface area contributed by atoms with Crippen molar-refractivity contribution in [1.82, 2.24) is 5.43 Å². The molecular weight excluding hydrogens is 194 g/mol. The Hall–Kier alpha value is -2.04. The van der Waals surface area contributed by atoms with Crippen LogP contribution in [0.25, 0.3) is 0 Å². The smallest absolute Gasteiger partial charge is 0.332 e. The number of phenolic OH excluding ortho intramolecular Hbond substituents is 1. The van der Waals surface area contributed by atoms with E-state index < -0.39 is 6.03 Å². The second-order valence-electron chi connectivity index (χ2n) is 2.91. The number of nitrogens with zero attached hydrogens (tertiary/aromatic N) is 1. The van der Waals surface area contributed by atoms with Gasteiger partial charge in [0.1, 0.15) is 5.75 Å². The Balaban J connectivity index is 2.97. The number of hydrogen-bond acceptors (Lipinski definition) is 3. The molecule has 4 N–H and O–H groups in total. The molecule has 0 heterocycles. The lowest BCUT2D eigenvalue weighted by Gasteiger charge is -2.05. The summed E-state index contributed by atoms with van der Waals surface area (Å²) >= 11 is 0. The zero-order chi connectivity index (χ0) is 11.3. The minimum absolute atomic E-state index is 0.129. The van der Waals surface area contributed by atoms with Crippen LogP contribution >= 0.6 is 0 Å². The summed E-state index contributed by atoms with van der Waals surface area (Å²) in [6, 6.07) is 6.06. The van der Waals surface area contributed by atoms with Crippen molar-refractivity contribution < 1.29 is 9.90 Å². The maximum absolute atomic E-state index is 10.5. The zero-order valence-corrected chi connectivity index (χ0v) is 8.40. The molecular formula is C10H13N3O2. The van der Waals surface area contributed by atoms with Crippen molar-refractivity contribution in [1.29, 1.82) is 0 Å². The van der Waals surface area contributed by atoms with E-state index in [1.54, 1.807) is 24.3 Å². The molecule has 0 saturated heterocycles. The summed E-state index contributed by atoms with van der Waals surface area (Å²) in [4.78, 5) is 10.5. The van der Waals surface area contributed by atoms with Crippen LogP contribution in [-0.4, -0.2) is 16.8 Å². The number of carbonyl (C=O) groups is 1. The fourth-order valence-electron chi connectivity index (χ4n) is 1.17. The summed E-state index contributed by atoms with van der Waals surface area (Å²) in [5, 5.41) is 13.4. The first-order valence-electron chi connectivity index (χ1n) is 4.55. The molecule has 0 aliphatic heterocycles. The Morgan fingerprint density at radius 2 is 2.20 bits per heavy atom. The average molecular weight is 207 g/mol. The number of hydrazone groups is 1. The molecule has 1 aromatic rings. The Kier molecular flexibility index (Phi) is 3.68. The quantitative estimate of drug-likeness (QED) is 0.513.